The summed E-state index contributed by atoms with van der Waals surface area (Å²) in [7, 11) is 0. The zero-order chi connectivity index (χ0) is 10.5. The molecule has 1 aromatic heterocycles. The van der Waals surface area contributed by atoms with E-state index in [1.54, 1.807) is 23.3 Å². The molecule has 3 rings (SSSR count). The molecule has 1 aromatic rings. The van der Waals surface area contributed by atoms with Crippen molar-refractivity contribution in [1.29, 1.82) is 0 Å². The fourth-order valence-corrected chi connectivity index (χ4v) is 3.65. The normalized spacial score (nSPS) is 31.9. The van der Waals surface area contributed by atoms with Crippen molar-refractivity contribution in [3.8, 4) is 0 Å². The molecule has 15 heavy (non-hydrogen) atoms. The van der Waals surface area contributed by atoms with Gasteiger partial charge in [-0.05, 0) is 43.2 Å². The van der Waals surface area contributed by atoms with Crippen molar-refractivity contribution in [1.82, 2.24) is 10.0 Å². The van der Waals surface area contributed by atoms with Gasteiger partial charge in [-0.15, -0.1) is 11.3 Å². The third kappa shape index (κ3) is 1.99. The lowest BCUT2D eigenvalue weighted by Gasteiger charge is -2.36. The van der Waals surface area contributed by atoms with E-state index < -0.39 is 5.25 Å². The topological polar surface area (TPSA) is 36.1 Å². The van der Waals surface area contributed by atoms with Crippen molar-refractivity contribution in [2.75, 3.05) is 5.32 Å². The summed E-state index contributed by atoms with van der Waals surface area (Å²) in [6, 6.07) is 2.06. The van der Waals surface area contributed by atoms with E-state index in [1.807, 2.05) is 0 Å². The summed E-state index contributed by atoms with van der Waals surface area (Å²) < 4.78 is 4.44. The minimum absolute atomic E-state index is 0.190. The monoisotopic (exact) mass is 261 g/mol. The van der Waals surface area contributed by atoms with Crippen LogP contribution in [0, 0.1) is 0 Å². The van der Waals surface area contributed by atoms with Gasteiger partial charge in [0.1, 0.15) is 0 Å². The Morgan fingerprint density at radius 3 is 3.07 bits per heavy atom. The van der Waals surface area contributed by atoms with E-state index >= 15 is 0 Å². The summed E-state index contributed by atoms with van der Waals surface area (Å²) in [5, 5.41) is 8.03. The van der Waals surface area contributed by atoms with E-state index in [2.05, 4.69) is 33.7 Å². The molecule has 1 aliphatic carbocycles. The molecular formula is C9H12ClN3S2. The molecule has 0 saturated heterocycles. The first-order chi connectivity index (χ1) is 7.09. The number of anilines is 1. The summed E-state index contributed by atoms with van der Waals surface area (Å²) in [6.45, 7) is 2.19. The Bertz CT molecular complexity index is 390. The number of fused-ring (bicyclic) bond motifs is 1. The highest BCUT2D eigenvalue weighted by Gasteiger charge is 2.45. The van der Waals surface area contributed by atoms with Crippen LogP contribution in [0.4, 0.5) is 5.69 Å². The maximum Gasteiger partial charge on any atom is 0.233 e. The Labute approximate surface area is 102 Å². The van der Waals surface area contributed by atoms with Crippen LogP contribution in [0.25, 0.3) is 0 Å². The minimum atomic E-state index is -0.718. The van der Waals surface area contributed by atoms with Gasteiger partial charge in [-0.1, -0.05) is 11.6 Å². The Morgan fingerprint density at radius 1 is 1.53 bits per heavy atom. The van der Waals surface area contributed by atoms with E-state index in [0.29, 0.717) is 0 Å². The van der Waals surface area contributed by atoms with Crippen LogP contribution in [0.5, 0.6) is 0 Å². The van der Waals surface area contributed by atoms with Crippen LogP contribution in [0.2, 0.25) is 0 Å². The lowest BCUT2D eigenvalue weighted by Crippen LogP contribution is -2.60. The molecule has 3 nitrogen and oxygen atoms in total. The van der Waals surface area contributed by atoms with Crippen molar-refractivity contribution in [3.05, 3.63) is 11.4 Å². The molecule has 1 fully saturated rings. The van der Waals surface area contributed by atoms with Crippen LogP contribution in [0.1, 0.15) is 19.8 Å². The van der Waals surface area contributed by atoms with Gasteiger partial charge in [-0.25, -0.2) is 4.72 Å². The van der Waals surface area contributed by atoms with Crippen LogP contribution < -0.4 is 15.4 Å². The predicted molar refractivity (Wildman–Crippen MR) is 66.3 cm³/mol. The Kier molecular flexibility index (Phi) is 2.23. The third-order valence-electron chi connectivity index (χ3n) is 2.70. The first-order valence-electron chi connectivity index (χ1n) is 4.87. The third-order valence-corrected chi connectivity index (χ3v) is 5.15. The van der Waals surface area contributed by atoms with Crippen molar-refractivity contribution in [3.63, 3.8) is 0 Å². The molecule has 82 valence electrons. The Hall–Kier alpha value is 0.0600. The van der Waals surface area contributed by atoms with Gasteiger partial charge in [0.25, 0.3) is 0 Å². The molecular weight excluding hydrogens is 250 g/mol. The number of nitrogens with one attached hydrogen (secondary N) is 3. The molecule has 2 heterocycles. The molecule has 1 aliphatic heterocycles. The fourth-order valence-electron chi connectivity index (χ4n) is 1.58. The average Bonchev–Trinajstić information content (AvgIpc) is 2.73. The van der Waals surface area contributed by atoms with E-state index in [9.17, 15) is 0 Å². The van der Waals surface area contributed by atoms with Crippen LogP contribution >= 0.6 is 34.9 Å². The van der Waals surface area contributed by atoms with E-state index in [-0.39, 0.29) is 5.54 Å². The molecule has 3 N–H and O–H groups in total. The molecule has 2 aliphatic rings. The largest absolute Gasteiger partial charge is 0.340 e. The molecule has 1 saturated carbocycles. The first-order valence-corrected chi connectivity index (χ1v) is 6.94. The number of halogens is 1. The molecule has 1 atom stereocenters. The van der Waals surface area contributed by atoms with Gasteiger partial charge >= 0.3 is 0 Å². The van der Waals surface area contributed by atoms with Crippen LogP contribution in [-0.4, -0.2) is 10.8 Å². The molecule has 0 spiro atoms. The lowest BCUT2D eigenvalue weighted by atomic mass is 10.3. The van der Waals surface area contributed by atoms with Gasteiger partial charge in [0.15, 0.2) is 0 Å². The van der Waals surface area contributed by atoms with Crippen LogP contribution in [0.3, 0.4) is 0 Å². The zero-order valence-corrected chi connectivity index (χ0v) is 10.7. The van der Waals surface area contributed by atoms with Gasteiger partial charge in [-0.3, -0.25) is 5.32 Å². The van der Waals surface area contributed by atoms with E-state index in [4.69, 9.17) is 11.6 Å². The summed E-state index contributed by atoms with van der Waals surface area (Å²) in [5.41, 5.74) is 1.30. The van der Waals surface area contributed by atoms with Crippen LogP contribution in [-0.2, 0) is 0 Å². The van der Waals surface area contributed by atoms with E-state index in [1.165, 1.54) is 17.1 Å². The first kappa shape index (κ1) is 10.2. The molecule has 0 bridgehead atoms. The molecule has 1 unspecified atom stereocenters. The molecule has 0 aromatic carbocycles. The zero-order valence-electron chi connectivity index (χ0n) is 8.26. The summed E-state index contributed by atoms with van der Waals surface area (Å²) >= 11 is 9.73. The van der Waals surface area contributed by atoms with Gasteiger partial charge in [0.2, 0.25) is 5.25 Å². The van der Waals surface area contributed by atoms with Crippen molar-refractivity contribution >= 4 is 40.6 Å². The fraction of sp³-hybridized carbons (Fsp3) is 0.556. The Balaban J connectivity index is 1.78. The van der Waals surface area contributed by atoms with Gasteiger partial charge in [0.05, 0.1) is 9.90 Å². The lowest BCUT2D eigenvalue weighted by molar-refractivity contribution is 0.408. The van der Waals surface area contributed by atoms with Crippen molar-refractivity contribution < 1.29 is 0 Å². The molecule has 0 radical (unpaired) electrons. The Morgan fingerprint density at radius 2 is 2.33 bits per heavy atom. The SMILES string of the molecule is CC1(NC2(Cl)NSc3sccc3N2)CC1. The van der Waals surface area contributed by atoms with Crippen LogP contribution in [0.15, 0.2) is 15.7 Å². The van der Waals surface area contributed by atoms with Gasteiger partial charge in [0, 0.05) is 5.54 Å². The number of rotatable bonds is 2. The second-order valence-corrected chi connectivity index (χ2v) is 6.85. The summed E-state index contributed by atoms with van der Waals surface area (Å²) in [6.07, 6.45) is 2.37. The number of thiophene rings is 1. The molecule has 0 amide bonds. The van der Waals surface area contributed by atoms with Crippen molar-refractivity contribution in [2.45, 2.75) is 34.8 Å². The second kappa shape index (κ2) is 3.28. The highest BCUT2D eigenvalue weighted by Crippen LogP contribution is 2.42. The smallest absolute Gasteiger partial charge is 0.233 e. The predicted octanol–water partition coefficient (Wildman–Crippen LogP) is 2.76. The number of alkyl halides is 1. The van der Waals surface area contributed by atoms with Gasteiger partial charge in [-0.2, -0.15) is 0 Å². The average molecular weight is 262 g/mol. The summed E-state index contributed by atoms with van der Waals surface area (Å²) in [5.74, 6) is 0. The van der Waals surface area contributed by atoms with E-state index in [0.717, 1.165) is 5.69 Å². The highest BCUT2D eigenvalue weighted by atomic mass is 35.5. The number of hydrogen-bond donors (Lipinski definition) is 3. The van der Waals surface area contributed by atoms with Gasteiger partial charge < -0.3 is 5.32 Å². The number of hydrogen-bond acceptors (Lipinski definition) is 5. The quantitative estimate of drug-likeness (QED) is 0.435. The standard InChI is InChI=1S/C9H12ClN3S2/c1-8(3-4-8)12-9(10)11-6-2-5-14-7(6)15-13-9/h2,5,11-13H,3-4H2,1H3. The minimum Gasteiger partial charge on any atom is -0.340 e. The maximum absolute atomic E-state index is 6.43. The molecule has 6 heteroatoms. The highest BCUT2D eigenvalue weighted by molar-refractivity contribution is 7.99. The maximum atomic E-state index is 6.43. The summed E-state index contributed by atoms with van der Waals surface area (Å²) in [4.78, 5) is 0. The second-order valence-electron chi connectivity index (χ2n) is 4.29. The van der Waals surface area contributed by atoms with Crippen molar-refractivity contribution in [2.24, 2.45) is 0 Å².